The van der Waals surface area contributed by atoms with Gasteiger partial charge in [0.25, 0.3) is 5.91 Å². The Bertz CT molecular complexity index is 500. The summed E-state index contributed by atoms with van der Waals surface area (Å²) < 4.78 is 4.81. The lowest BCUT2D eigenvalue weighted by molar-refractivity contribution is 0.0965. The van der Waals surface area contributed by atoms with Crippen LogP contribution in [0.15, 0.2) is 34.9 Å². The van der Waals surface area contributed by atoms with E-state index in [2.05, 4.69) is 12.1 Å². The summed E-state index contributed by atoms with van der Waals surface area (Å²) in [6, 6.07) is 9.48. The van der Waals surface area contributed by atoms with E-state index in [0.29, 0.717) is 5.69 Å². The SMILES string of the molecule is CCc1ccc(-c2cc(C(N)=O)on2)cc1. The number of hydrogen-bond acceptors (Lipinski definition) is 3. The zero-order valence-electron chi connectivity index (χ0n) is 8.93. The van der Waals surface area contributed by atoms with E-state index in [4.69, 9.17) is 10.3 Å². The van der Waals surface area contributed by atoms with Gasteiger partial charge in [0.05, 0.1) is 0 Å². The molecule has 0 aliphatic heterocycles. The molecular weight excluding hydrogens is 204 g/mol. The Kier molecular flexibility index (Phi) is 2.72. The number of primary amides is 1. The number of amides is 1. The first-order valence-corrected chi connectivity index (χ1v) is 5.06. The molecule has 2 aromatic rings. The Labute approximate surface area is 93.1 Å². The van der Waals surface area contributed by atoms with Crippen molar-refractivity contribution in [3.63, 3.8) is 0 Å². The highest BCUT2D eigenvalue weighted by Crippen LogP contribution is 2.19. The van der Waals surface area contributed by atoms with Crippen molar-refractivity contribution in [1.82, 2.24) is 5.16 Å². The van der Waals surface area contributed by atoms with Crippen LogP contribution < -0.4 is 5.73 Å². The fourth-order valence-electron chi connectivity index (χ4n) is 1.44. The van der Waals surface area contributed by atoms with E-state index in [1.807, 2.05) is 24.3 Å². The standard InChI is InChI=1S/C12H12N2O2/c1-2-8-3-5-9(6-4-8)10-7-11(12(13)15)16-14-10/h3-7H,2H2,1H3,(H2,13,15). The van der Waals surface area contributed by atoms with Crippen LogP contribution in [0.3, 0.4) is 0 Å². The molecule has 0 radical (unpaired) electrons. The lowest BCUT2D eigenvalue weighted by Gasteiger charge is -1.97. The average Bonchev–Trinajstić information content (AvgIpc) is 2.78. The Morgan fingerprint density at radius 1 is 1.38 bits per heavy atom. The molecule has 0 atom stereocenters. The molecule has 0 aliphatic rings. The Morgan fingerprint density at radius 3 is 2.56 bits per heavy atom. The van der Waals surface area contributed by atoms with Crippen molar-refractivity contribution in [2.45, 2.75) is 13.3 Å². The molecule has 0 unspecified atom stereocenters. The van der Waals surface area contributed by atoms with Crippen LogP contribution in [0.5, 0.6) is 0 Å². The summed E-state index contributed by atoms with van der Waals surface area (Å²) in [6.07, 6.45) is 0.992. The maximum Gasteiger partial charge on any atom is 0.287 e. The maximum absolute atomic E-state index is 10.8. The van der Waals surface area contributed by atoms with Crippen LogP contribution in [0.2, 0.25) is 0 Å². The van der Waals surface area contributed by atoms with Crippen molar-refractivity contribution in [3.8, 4) is 11.3 Å². The molecule has 16 heavy (non-hydrogen) atoms. The molecule has 1 aromatic carbocycles. The van der Waals surface area contributed by atoms with Crippen molar-refractivity contribution in [1.29, 1.82) is 0 Å². The Hall–Kier alpha value is -2.10. The third kappa shape index (κ3) is 1.95. The largest absolute Gasteiger partial charge is 0.363 e. The minimum absolute atomic E-state index is 0.0783. The summed E-state index contributed by atoms with van der Waals surface area (Å²) in [7, 11) is 0. The first kappa shape index (κ1) is 10.4. The molecule has 0 aliphatic carbocycles. The third-order valence-electron chi connectivity index (χ3n) is 2.41. The van der Waals surface area contributed by atoms with Crippen LogP contribution in [0, 0.1) is 0 Å². The maximum atomic E-state index is 10.8. The van der Waals surface area contributed by atoms with Crippen molar-refractivity contribution in [3.05, 3.63) is 41.7 Å². The minimum Gasteiger partial charge on any atom is -0.363 e. The highest BCUT2D eigenvalue weighted by molar-refractivity contribution is 5.90. The van der Waals surface area contributed by atoms with Crippen molar-refractivity contribution in [2.24, 2.45) is 5.73 Å². The molecule has 1 amide bonds. The summed E-state index contributed by atoms with van der Waals surface area (Å²) in [5.74, 6) is -0.529. The normalized spacial score (nSPS) is 10.3. The number of rotatable bonds is 3. The summed E-state index contributed by atoms with van der Waals surface area (Å²) >= 11 is 0. The van der Waals surface area contributed by atoms with E-state index in [1.54, 1.807) is 6.07 Å². The zero-order valence-corrected chi connectivity index (χ0v) is 8.93. The fraction of sp³-hybridized carbons (Fsp3) is 0.167. The molecule has 4 heteroatoms. The quantitative estimate of drug-likeness (QED) is 0.853. The molecule has 0 fully saturated rings. The van der Waals surface area contributed by atoms with Crippen LogP contribution in [0.1, 0.15) is 23.0 Å². The molecule has 0 saturated carbocycles. The third-order valence-corrected chi connectivity index (χ3v) is 2.41. The van der Waals surface area contributed by atoms with E-state index in [1.165, 1.54) is 5.56 Å². The van der Waals surface area contributed by atoms with Gasteiger partial charge in [0, 0.05) is 11.6 Å². The van der Waals surface area contributed by atoms with E-state index < -0.39 is 5.91 Å². The predicted octanol–water partition coefficient (Wildman–Crippen LogP) is 2.00. The van der Waals surface area contributed by atoms with Gasteiger partial charge >= 0.3 is 0 Å². The summed E-state index contributed by atoms with van der Waals surface area (Å²) in [4.78, 5) is 10.8. The lowest BCUT2D eigenvalue weighted by atomic mass is 10.1. The second kappa shape index (κ2) is 4.18. The second-order valence-electron chi connectivity index (χ2n) is 3.49. The number of aryl methyl sites for hydroxylation is 1. The molecule has 1 heterocycles. The molecule has 0 bridgehead atoms. The van der Waals surface area contributed by atoms with Crippen molar-refractivity contribution >= 4 is 5.91 Å². The minimum atomic E-state index is -0.607. The monoisotopic (exact) mass is 216 g/mol. The molecule has 2 rings (SSSR count). The number of hydrogen-bond donors (Lipinski definition) is 1. The summed E-state index contributed by atoms with van der Waals surface area (Å²) in [5, 5.41) is 3.79. The second-order valence-corrected chi connectivity index (χ2v) is 3.49. The smallest absolute Gasteiger partial charge is 0.287 e. The highest BCUT2D eigenvalue weighted by atomic mass is 16.5. The fourth-order valence-corrected chi connectivity index (χ4v) is 1.44. The van der Waals surface area contributed by atoms with Crippen molar-refractivity contribution < 1.29 is 9.32 Å². The van der Waals surface area contributed by atoms with Crippen LogP contribution in [0.25, 0.3) is 11.3 Å². The van der Waals surface area contributed by atoms with Gasteiger partial charge in [0.15, 0.2) is 0 Å². The Balaban J connectivity index is 2.31. The zero-order chi connectivity index (χ0) is 11.5. The molecule has 0 spiro atoms. The summed E-state index contributed by atoms with van der Waals surface area (Å²) in [6.45, 7) is 2.09. The highest BCUT2D eigenvalue weighted by Gasteiger charge is 2.10. The van der Waals surface area contributed by atoms with Gasteiger partial charge in [-0.05, 0) is 12.0 Å². The number of nitrogens with two attached hydrogens (primary N) is 1. The molecule has 2 N–H and O–H groups in total. The number of aromatic nitrogens is 1. The first-order chi connectivity index (χ1) is 7.70. The van der Waals surface area contributed by atoms with Crippen LogP contribution in [-0.4, -0.2) is 11.1 Å². The van der Waals surface area contributed by atoms with Gasteiger partial charge in [0.2, 0.25) is 5.76 Å². The number of carbonyl (C=O) groups is 1. The number of carbonyl (C=O) groups excluding carboxylic acids is 1. The Morgan fingerprint density at radius 2 is 2.06 bits per heavy atom. The van der Waals surface area contributed by atoms with Gasteiger partial charge in [-0.25, -0.2) is 0 Å². The van der Waals surface area contributed by atoms with Crippen molar-refractivity contribution in [2.75, 3.05) is 0 Å². The molecule has 0 saturated heterocycles. The topological polar surface area (TPSA) is 69.1 Å². The van der Waals surface area contributed by atoms with E-state index in [0.717, 1.165) is 12.0 Å². The average molecular weight is 216 g/mol. The molecule has 1 aromatic heterocycles. The predicted molar refractivity (Wildman–Crippen MR) is 59.8 cm³/mol. The van der Waals surface area contributed by atoms with Gasteiger partial charge in [-0.1, -0.05) is 36.3 Å². The first-order valence-electron chi connectivity index (χ1n) is 5.06. The van der Waals surface area contributed by atoms with Crippen LogP contribution in [-0.2, 0) is 6.42 Å². The van der Waals surface area contributed by atoms with Gasteiger partial charge in [-0.2, -0.15) is 0 Å². The summed E-state index contributed by atoms with van der Waals surface area (Å²) in [5.41, 5.74) is 7.86. The van der Waals surface area contributed by atoms with E-state index >= 15 is 0 Å². The number of benzene rings is 1. The van der Waals surface area contributed by atoms with Crippen LogP contribution in [0.4, 0.5) is 0 Å². The lowest BCUT2D eigenvalue weighted by Crippen LogP contribution is -2.09. The molecular formula is C12H12N2O2. The van der Waals surface area contributed by atoms with E-state index in [-0.39, 0.29) is 5.76 Å². The molecule has 82 valence electrons. The van der Waals surface area contributed by atoms with Crippen LogP contribution >= 0.6 is 0 Å². The molecule has 4 nitrogen and oxygen atoms in total. The van der Waals surface area contributed by atoms with E-state index in [9.17, 15) is 4.79 Å². The number of nitrogens with zero attached hydrogens (tertiary/aromatic N) is 1. The van der Waals surface area contributed by atoms with Gasteiger partial charge < -0.3 is 10.3 Å². The van der Waals surface area contributed by atoms with Gasteiger partial charge in [-0.15, -0.1) is 0 Å². The van der Waals surface area contributed by atoms with Gasteiger partial charge in [0.1, 0.15) is 5.69 Å². The van der Waals surface area contributed by atoms with Gasteiger partial charge in [-0.3, -0.25) is 4.79 Å².